The molecule has 0 aliphatic carbocycles. The van der Waals surface area contributed by atoms with Crippen molar-refractivity contribution in [3.05, 3.63) is 36.0 Å². The molecule has 0 aromatic carbocycles. The highest BCUT2D eigenvalue weighted by molar-refractivity contribution is 5.00. The van der Waals surface area contributed by atoms with Gasteiger partial charge in [-0.05, 0) is 72.1 Å². The predicted molar refractivity (Wildman–Crippen MR) is 95.5 cm³/mol. The molecule has 21 heavy (non-hydrogen) atoms. The van der Waals surface area contributed by atoms with Crippen molar-refractivity contribution in [1.29, 1.82) is 0 Å². The summed E-state index contributed by atoms with van der Waals surface area (Å²) in [6, 6.07) is 0. The molecule has 0 saturated heterocycles. The molecule has 0 saturated carbocycles. The van der Waals surface area contributed by atoms with Gasteiger partial charge in [-0.15, -0.1) is 6.58 Å². The second-order valence-electron chi connectivity index (χ2n) is 7.01. The lowest BCUT2D eigenvalue weighted by molar-refractivity contribution is 0.103. The van der Waals surface area contributed by atoms with Crippen LogP contribution in [0.25, 0.3) is 0 Å². The maximum Gasteiger partial charge on any atom is 0.0800 e. The Morgan fingerprint density at radius 1 is 1.14 bits per heavy atom. The van der Waals surface area contributed by atoms with E-state index in [9.17, 15) is 5.11 Å². The van der Waals surface area contributed by atoms with Gasteiger partial charge in [0, 0.05) is 0 Å². The first-order chi connectivity index (χ1) is 9.76. The maximum absolute atomic E-state index is 9.85. The number of hydrogen-bond donors (Lipinski definition) is 1. The third-order valence-corrected chi connectivity index (χ3v) is 4.06. The van der Waals surface area contributed by atoms with E-state index in [0.29, 0.717) is 0 Å². The Balaban J connectivity index is 3.80. The second kappa shape index (κ2) is 10.8. The fraction of sp³-hybridized carbons (Fsp3) is 0.700. The van der Waals surface area contributed by atoms with Crippen LogP contribution in [-0.4, -0.2) is 10.7 Å². The SMILES string of the molecule is C=CC(C)(O)CCC=C(C)CCCC(C)CCC=C(C)C. The summed E-state index contributed by atoms with van der Waals surface area (Å²) in [7, 11) is 0. The van der Waals surface area contributed by atoms with E-state index >= 15 is 0 Å². The zero-order chi connectivity index (χ0) is 16.3. The molecule has 0 rings (SSSR count). The van der Waals surface area contributed by atoms with E-state index in [-0.39, 0.29) is 0 Å². The molecule has 122 valence electrons. The number of allylic oxidation sites excluding steroid dienone is 4. The topological polar surface area (TPSA) is 20.2 Å². The van der Waals surface area contributed by atoms with E-state index in [0.717, 1.165) is 18.8 Å². The van der Waals surface area contributed by atoms with Gasteiger partial charge in [0.05, 0.1) is 5.60 Å². The summed E-state index contributed by atoms with van der Waals surface area (Å²) in [5.41, 5.74) is 2.15. The van der Waals surface area contributed by atoms with Crippen molar-refractivity contribution < 1.29 is 5.11 Å². The minimum atomic E-state index is -0.726. The van der Waals surface area contributed by atoms with Crippen LogP contribution in [0.2, 0.25) is 0 Å². The summed E-state index contributed by atoms with van der Waals surface area (Å²) in [5, 5.41) is 9.85. The molecule has 0 fully saturated rings. The molecule has 0 aliphatic heterocycles. The number of hydrogen-bond acceptors (Lipinski definition) is 1. The van der Waals surface area contributed by atoms with E-state index in [1.165, 1.54) is 43.3 Å². The van der Waals surface area contributed by atoms with Gasteiger partial charge in [-0.3, -0.25) is 0 Å². The highest BCUT2D eigenvalue weighted by Crippen LogP contribution is 2.19. The molecule has 0 spiro atoms. The molecule has 0 aromatic rings. The third kappa shape index (κ3) is 12.6. The van der Waals surface area contributed by atoms with Crippen LogP contribution in [0.3, 0.4) is 0 Å². The van der Waals surface area contributed by atoms with Crippen molar-refractivity contribution in [1.82, 2.24) is 0 Å². The Bertz CT molecular complexity index is 343. The molecule has 1 nitrogen and oxygen atoms in total. The summed E-state index contributed by atoms with van der Waals surface area (Å²) in [5.74, 6) is 0.815. The predicted octanol–water partition coefficient (Wildman–Crippen LogP) is 6.20. The largest absolute Gasteiger partial charge is 0.386 e. The Morgan fingerprint density at radius 3 is 2.38 bits per heavy atom. The monoisotopic (exact) mass is 292 g/mol. The summed E-state index contributed by atoms with van der Waals surface area (Å²) < 4.78 is 0. The van der Waals surface area contributed by atoms with E-state index in [1.807, 2.05) is 6.92 Å². The van der Waals surface area contributed by atoms with Crippen LogP contribution in [0, 0.1) is 5.92 Å². The minimum Gasteiger partial charge on any atom is -0.386 e. The molecule has 0 bridgehead atoms. The van der Waals surface area contributed by atoms with E-state index < -0.39 is 5.60 Å². The lowest BCUT2D eigenvalue weighted by Gasteiger charge is -2.17. The van der Waals surface area contributed by atoms with Gasteiger partial charge in [-0.25, -0.2) is 0 Å². The average Bonchev–Trinajstić information content (AvgIpc) is 2.38. The van der Waals surface area contributed by atoms with Crippen LogP contribution in [0.4, 0.5) is 0 Å². The van der Waals surface area contributed by atoms with Crippen molar-refractivity contribution in [2.75, 3.05) is 0 Å². The van der Waals surface area contributed by atoms with Gasteiger partial charge in [0.2, 0.25) is 0 Å². The molecule has 0 radical (unpaired) electrons. The lowest BCUT2D eigenvalue weighted by atomic mass is 9.95. The van der Waals surface area contributed by atoms with Gasteiger partial charge >= 0.3 is 0 Å². The van der Waals surface area contributed by atoms with Crippen molar-refractivity contribution >= 4 is 0 Å². The fourth-order valence-electron chi connectivity index (χ4n) is 2.35. The first kappa shape index (κ1) is 20.2. The molecule has 2 unspecified atom stereocenters. The normalized spacial score (nSPS) is 16.2. The summed E-state index contributed by atoms with van der Waals surface area (Å²) >= 11 is 0. The Kier molecular flexibility index (Phi) is 10.4. The van der Waals surface area contributed by atoms with Gasteiger partial charge in [-0.1, -0.05) is 42.7 Å². The van der Waals surface area contributed by atoms with Crippen LogP contribution in [-0.2, 0) is 0 Å². The molecule has 1 heteroatoms. The van der Waals surface area contributed by atoms with Crippen LogP contribution >= 0.6 is 0 Å². The number of aliphatic hydroxyl groups is 1. The Labute approximate surface area is 132 Å². The molecule has 0 aromatic heterocycles. The van der Waals surface area contributed by atoms with Crippen molar-refractivity contribution in [3.8, 4) is 0 Å². The Morgan fingerprint density at radius 2 is 1.81 bits per heavy atom. The van der Waals surface area contributed by atoms with Crippen LogP contribution < -0.4 is 0 Å². The first-order valence-electron chi connectivity index (χ1n) is 8.42. The third-order valence-electron chi connectivity index (χ3n) is 4.06. The molecule has 1 N–H and O–H groups in total. The van der Waals surface area contributed by atoms with Crippen LogP contribution in [0.5, 0.6) is 0 Å². The smallest absolute Gasteiger partial charge is 0.0800 e. The molecule has 0 aliphatic rings. The van der Waals surface area contributed by atoms with Gasteiger partial charge in [0.1, 0.15) is 0 Å². The first-order valence-corrected chi connectivity index (χ1v) is 8.42. The zero-order valence-corrected chi connectivity index (χ0v) is 14.9. The fourth-order valence-corrected chi connectivity index (χ4v) is 2.35. The maximum atomic E-state index is 9.85. The zero-order valence-electron chi connectivity index (χ0n) is 14.9. The summed E-state index contributed by atoms with van der Waals surface area (Å²) in [4.78, 5) is 0. The van der Waals surface area contributed by atoms with Crippen molar-refractivity contribution in [2.24, 2.45) is 5.92 Å². The van der Waals surface area contributed by atoms with E-state index in [2.05, 4.69) is 46.4 Å². The highest BCUT2D eigenvalue weighted by atomic mass is 16.3. The molecule has 0 amide bonds. The van der Waals surface area contributed by atoms with Crippen LogP contribution in [0.1, 0.15) is 79.6 Å². The lowest BCUT2D eigenvalue weighted by Crippen LogP contribution is -2.19. The molecular weight excluding hydrogens is 256 g/mol. The van der Waals surface area contributed by atoms with Gasteiger partial charge in [0.15, 0.2) is 0 Å². The molecular formula is C20H36O. The number of rotatable bonds is 11. The summed E-state index contributed by atoms with van der Waals surface area (Å²) in [6.07, 6.45) is 14.2. The van der Waals surface area contributed by atoms with E-state index in [4.69, 9.17) is 0 Å². The second-order valence-corrected chi connectivity index (χ2v) is 7.01. The van der Waals surface area contributed by atoms with Gasteiger partial charge < -0.3 is 5.11 Å². The quantitative estimate of drug-likeness (QED) is 0.449. The Hall–Kier alpha value is -0.820. The highest BCUT2D eigenvalue weighted by Gasteiger charge is 2.13. The molecule has 2 atom stereocenters. The minimum absolute atomic E-state index is 0.726. The molecule has 0 heterocycles. The van der Waals surface area contributed by atoms with Crippen molar-refractivity contribution in [2.45, 2.75) is 85.2 Å². The van der Waals surface area contributed by atoms with Crippen LogP contribution in [0.15, 0.2) is 36.0 Å². The average molecular weight is 293 g/mol. The standard InChI is InChI=1S/C20H36O/c1-7-20(6,21)16-10-15-19(5)14-9-13-18(4)12-8-11-17(2)3/h7,11,15,18,21H,1,8-10,12-14,16H2,2-6H3. The van der Waals surface area contributed by atoms with Gasteiger partial charge in [0.25, 0.3) is 0 Å². The van der Waals surface area contributed by atoms with E-state index in [1.54, 1.807) is 6.08 Å². The summed E-state index contributed by atoms with van der Waals surface area (Å²) in [6.45, 7) is 14.4. The van der Waals surface area contributed by atoms with Gasteiger partial charge in [-0.2, -0.15) is 0 Å². The van der Waals surface area contributed by atoms with Crippen molar-refractivity contribution in [3.63, 3.8) is 0 Å².